The minimum Gasteiger partial charge on any atom is -0.349 e. The van der Waals surface area contributed by atoms with E-state index in [1.165, 1.54) is 16.9 Å². The van der Waals surface area contributed by atoms with Gasteiger partial charge in [-0.05, 0) is 30.0 Å². The van der Waals surface area contributed by atoms with E-state index in [9.17, 15) is 9.59 Å². The highest BCUT2D eigenvalue weighted by atomic mass is 32.1. The van der Waals surface area contributed by atoms with Crippen LogP contribution in [0, 0.1) is 5.92 Å². The van der Waals surface area contributed by atoms with Gasteiger partial charge in [-0.1, -0.05) is 44.2 Å². The lowest BCUT2D eigenvalue weighted by Crippen LogP contribution is -2.32. The summed E-state index contributed by atoms with van der Waals surface area (Å²) < 4.78 is 0. The number of nitrogens with one attached hydrogen (secondary N) is 1. The largest absolute Gasteiger partial charge is 0.349 e. The van der Waals surface area contributed by atoms with E-state index in [0.717, 1.165) is 22.1 Å². The number of carbonyl (C=O) groups is 2. The van der Waals surface area contributed by atoms with Crippen LogP contribution in [0.15, 0.2) is 24.3 Å². The molecule has 2 heterocycles. The van der Waals surface area contributed by atoms with Crippen molar-refractivity contribution in [1.82, 2.24) is 15.5 Å². The summed E-state index contributed by atoms with van der Waals surface area (Å²) in [5.41, 5.74) is 2.09. The van der Waals surface area contributed by atoms with Gasteiger partial charge in [0.15, 0.2) is 0 Å². The number of rotatable bonds is 6. The summed E-state index contributed by atoms with van der Waals surface area (Å²) in [5, 5.41) is 12.7. The maximum absolute atomic E-state index is 12.4. The van der Waals surface area contributed by atoms with E-state index >= 15 is 0 Å². The number of aromatic nitrogens is 2. The van der Waals surface area contributed by atoms with E-state index in [1.54, 1.807) is 4.90 Å². The van der Waals surface area contributed by atoms with Gasteiger partial charge in [0.1, 0.15) is 10.0 Å². The van der Waals surface area contributed by atoms with Crippen LogP contribution in [0.3, 0.4) is 0 Å². The Labute approximate surface area is 157 Å². The average molecular weight is 372 g/mol. The third kappa shape index (κ3) is 4.09. The van der Waals surface area contributed by atoms with Gasteiger partial charge >= 0.3 is 0 Å². The molecular weight excluding hydrogens is 348 g/mol. The molecule has 1 aliphatic rings. The first-order chi connectivity index (χ1) is 12.5. The van der Waals surface area contributed by atoms with Gasteiger partial charge in [0.05, 0.1) is 12.5 Å². The minimum atomic E-state index is -0.328. The highest BCUT2D eigenvalue weighted by Crippen LogP contribution is 2.27. The zero-order valence-electron chi connectivity index (χ0n) is 15.4. The second kappa shape index (κ2) is 7.95. The zero-order chi connectivity index (χ0) is 18.7. The second-order valence-electron chi connectivity index (χ2n) is 6.81. The highest BCUT2D eigenvalue weighted by molar-refractivity contribution is 7.11. The van der Waals surface area contributed by atoms with Crippen LogP contribution in [-0.2, 0) is 22.6 Å². The van der Waals surface area contributed by atoms with Crippen molar-refractivity contribution in [2.24, 2.45) is 5.92 Å². The summed E-state index contributed by atoms with van der Waals surface area (Å²) in [5.74, 6) is 0.0100. The van der Waals surface area contributed by atoms with Crippen molar-refractivity contribution < 1.29 is 9.59 Å². The van der Waals surface area contributed by atoms with Crippen LogP contribution in [0.4, 0.5) is 5.69 Å². The van der Waals surface area contributed by atoms with Gasteiger partial charge in [-0.25, -0.2) is 0 Å². The summed E-state index contributed by atoms with van der Waals surface area (Å²) in [7, 11) is 0. The van der Waals surface area contributed by atoms with E-state index in [-0.39, 0.29) is 24.2 Å². The molecule has 0 aliphatic carbocycles. The summed E-state index contributed by atoms with van der Waals surface area (Å²) in [6.07, 6.45) is 1.08. The first kappa shape index (κ1) is 18.5. The van der Waals surface area contributed by atoms with Crippen molar-refractivity contribution >= 4 is 28.8 Å². The quantitative estimate of drug-likeness (QED) is 0.846. The Morgan fingerprint density at radius 1 is 1.27 bits per heavy atom. The van der Waals surface area contributed by atoms with Crippen LogP contribution < -0.4 is 10.2 Å². The average Bonchev–Trinajstić information content (AvgIpc) is 3.26. The molecule has 6 nitrogen and oxygen atoms in total. The fourth-order valence-electron chi connectivity index (χ4n) is 2.98. The molecule has 1 fully saturated rings. The van der Waals surface area contributed by atoms with Crippen LogP contribution >= 0.6 is 11.3 Å². The van der Waals surface area contributed by atoms with E-state index in [2.05, 4.69) is 29.4 Å². The number of benzene rings is 1. The Morgan fingerprint density at radius 3 is 2.58 bits per heavy atom. The molecule has 0 saturated carbocycles. The van der Waals surface area contributed by atoms with Gasteiger partial charge in [-0.3, -0.25) is 9.59 Å². The number of anilines is 1. The number of amides is 2. The highest BCUT2D eigenvalue weighted by Gasteiger charge is 2.35. The summed E-state index contributed by atoms with van der Waals surface area (Å²) >= 11 is 1.50. The van der Waals surface area contributed by atoms with Crippen LogP contribution in [0.25, 0.3) is 0 Å². The Kier molecular flexibility index (Phi) is 5.66. The van der Waals surface area contributed by atoms with Crippen molar-refractivity contribution in [3.63, 3.8) is 0 Å². The fourth-order valence-corrected chi connectivity index (χ4v) is 3.71. The van der Waals surface area contributed by atoms with E-state index < -0.39 is 0 Å². The molecule has 7 heteroatoms. The molecule has 2 amide bonds. The number of carbonyl (C=O) groups excluding carboxylic acids is 2. The van der Waals surface area contributed by atoms with Gasteiger partial charge in [0.25, 0.3) is 0 Å². The molecule has 138 valence electrons. The third-order valence-corrected chi connectivity index (χ3v) is 5.66. The Bertz CT molecular complexity index is 785. The predicted molar refractivity (Wildman–Crippen MR) is 102 cm³/mol. The van der Waals surface area contributed by atoms with Gasteiger partial charge in [-0.2, -0.15) is 0 Å². The Balaban J connectivity index is 1.58. The first-order valence-electron chi connectivity index (χ1n) is 8.97. The second-order valence-corrected chi connectivity index (χ2v) is 7.96. The third-order valence-electron chi connectivity index (χ3n) is 4.59. The molecule has 3 rings (SSSR count). The van der Waals surface area contributed by atoms with E-state index in [4.69, 9.17) is 0 Å². The van der Waals surface area contributed by atoms with Gasteiger partial charge < -0.3 is 10.2 Å². The lowest BCUT2D eigenvalue weighted by molar-refractivity contribution is -0.126. The molecule has 1 atom stereocenters. The molecule has 1 saturated heterocycles. The first-order valence-corrected chi connectivity index (χ1v) is 9.78. The summed E-state index contributed by atoms with van der Waals surface area (Å²) in [4.78, 5) is 26.5. The van der Waals surface area contributed by atoms with Crippen molar-refractivity contribution in [2.45, 2.75) is 46.1 Å². The monoisotopic (exact) mass is 372 g/mol. The minimum absolute atomic E-state index is 0.00775. The number of aryl methyl sites for hydroxylation is 1. The molecule has 0 spiro atoms. The topological polar surface area (TPSA) is 75.2 Å². The number of hydrogen-bond acceptors (Lipinski definition) is 5. The maximum Gasteiger partial charge on any atom is 0.227 e. The summed E-state index contributed by atoms with van der Waals surface area (Å²) in [6, 6.07) is 8.00. The molecule has 1 aliphatic heterocycles. The molecular formula is C19H24N4O2S. The van der Waals surface area contributed by atoms with Gasteiger partial charge in [-0.15, -0.1) is 10.2 Å². The normalized spacial score (nSPS) is 17.2. The van der Waals surface area contributed by atoms with Crippen molar-refractivity contribution in [1.29, 1.82) is 0 Å². The number of hydrogen-bond donors (Lipinski definition) is 1. The van der Waals surface area contributed by atoms with Crippen LogP contribution in [0.5, 0.6) is 0 Å². The fraction of sp³-hybridized carbons (Fsp3) is 0.474. The maximum atomic E-state index is 12.4. The predicted octanol–water partition coefficient (Wildman–Crippen LogP) is 2.89. The number of nitrogens with zero attached hydrogens (tertiary/aromatic N) is 3. The van der Waals surface area contributed by atoms with Crippen LogP contribution in [0.2, 0.25) is 0 Å². The zero-order valence-corrected chi connectivity index (χ0v) is 16.2. The van der Waals surface area contributed by atoms with Crippen molar-refractivity contribution in [2.75, 3.05) is 11.4 Å². The standard InChI is InChI=1S/C19H24N4O2S/c1-4-16-21-22-17(26-16)10-20-19(25)14-9-18(24)23(11-14)15-7-5-13(6-8-15)12(2)3/h5-8,12,14H,4,9-11H2,1-3H3,(H,20,25). The molecule has 1 unspecified atom stereocenters. The molecule has 26 heavy (non-hydrogen) atoms. The molecule has 2 aromatic rings. The van der Waals surface area contributed by atoms with E-state index in [0.29, 0.717) is 19.0 Å². The van der Waals surface area contributed by atoms with Gasteiger partial charge in [0, 0.05) is 18.7 Å². The molecule has 1 aromatic heterocycles. The SMILES string of the molecule is CCc1nnc(CNC(=O)C2CC(=O)N(c3ccc(C(C)C)cc3)C2)s1. The van der Waals surface area contributed by atoms with Gasteiger partial charge in [0.2, 0.25) is 11.8 Å². The lowest BCUT2D eigenvalue weighted by atomic mass is 10.0. The lowest BCUT2D eigenvalue weighted by Gasteiger charge is -2.17. The molecule has 1 aromatic carbocycles. The smallest absolute Gasteiger partial charge is 0.227 e. The van der Waals surface area contributed by atoms with Crippen molar-refractivity contribution in [3.05, 3.63) is 39.8 Å². The van der Waals surface area contributed by atoms with Crippen LogP contribution in [0.1, 0.15) is 48.7 Å². The Hall–Kier alpha value is -2.28. The summed E-state index contributed by atoms with van der Waals surface area (Å²) in [6.45, 7) is 7.08. The van der Waals surface area contributed by atoms with Crippen LogP contribution in [-0.4, -0.2) is 28.6 Å². The molecule has 1 N–H and O–H groups in total. The van der Waals surface area contributed by atoms with Crippen molar-refractivity contribution in [3.8, 4) is 0 Å². The van der Waals surface area contributed by atoms with E-state index in [1.807, 2.05) is 31.2 Å². The molecule has 0 bridgehead atoms. The molecule has 0 radical (unpaired) electrons. The Morgan fingerprint density at radius 2 is 1.96 bits per heavy atom.